The lowest BCUT2D eigenvalue weighted by molar-refractivity contribution is -0.119. The summed E-state index contributed by atoms with van der Waals surface area (Å²) in [7, 11) is -3.86. The van der Waals surface area contributed by atoms with Crippen molar-refractivity contribution in [1.82, 2.24) is 20.0 Å². The van der Waals surface area contributed by atoms with Crippen LogP contribution in [0.4, 0.5) is 11.5 Å². The van der Waals surface area contributed by atoms with Gasteiger partial charge < -0.3 is 5.32 Å². The third-order valence-corrected chi connectivity index (χ3v) is 5.63. The number of hydrogen-bond acceptors (Lipinski definition) is 6. The second-order valence-corrected chi connectivity index (χ2v) is 8.66. The number of nitrogens with one attached hydrogen (secondary N) is 2. The number of rotatable bonds is 6. The van der Waals surface area contributed by atoms with Crippen LogP contribution in [-0.2, 0) is 14.8 Å². The Hall–Kier alpha value is -2.50. The average Bonchev–Trinajstić information content (AvgIpc) is 3.09. The number of anilines is 2. The predicted molar refractivity (Wildman–Crippen MR) is 108 cm³/mol. The minimum absolute atomic E-state index is 0.00584. The van der Waals surface area contributed by atoms with Crippen LogP contribution in [-0.4, -0.2) is 34.3 Å². The fourth-order valence-electron chi connectivity index (χ4n) is 2.18. The molecule has 2 aromatic heterocycles. The van der Waals surface area contributed by atoms with Crippen molar-refractivity contribution in [3.63, 3.8) is 0 Å². The van der Waals surface area contributed by atoms with Crippen molar-refractivity contribution in [3.05, 3.63) is 58.4 Å². The highest BCUT2D eigenvalue weighted by atomic mass is 79.9. The van der Waals surface area contributed by atoms with E-state index >= 15 is 0 Å². The van der Waals surface area contributed by atoms with Gasteiger partial charge in [-0.3, -0.25) is 14.2 Å². The number of halogens is 2. The minimum Gasteiger partial charge on any atom is -0.324 e. The first-order chi connectivity index (χ1) is 13.2. The average molecular weight is 486 g/mol. The van der Waals surface area contributed by atoms with E-state index in [-0.39, 0.29) is 21.8 Å². The third kappa shape index (κ3) is 4.86. The quantitative estimate of drug-likeness (QED) is 0.554. The summed E-state index contributed by atoms with van der Waals surface area (Å²) in [6.45, 7) is 1.70. The molecule has 0 saturated heterocycles. The fourth-order valence-corrected chi connectivity index (χ4v) is 3.58. The summed E-state index contributed by atoms with van der Waals surface area (Å²) in [5.41, 5.74) is 0.452. The van der Waals surface area contributed by atoms with Crippen molar-refractivity contribution in [2.24, 2.45) is 0 Å². The molecule has 0 bridgehead atoms. The van der Waals surface area contributed by atoms with E-state index in [2.05, 4.69) is 41.3 Å². The van der Waals surface area contributed by atoms with Crippen LogP contribution in [0.1, 0.15) is 13.0 Å². The molecule has 3 rings (SSSR count). The Kier molecular flexibility index (Phi) is 5.96. The largest absolute Gasteiger partial charge is 0.324 e. The van der Waals surface area contributed by atoms with Gasteiger partial charge >= 0.3 is 0 Å². The van der Waals surface area contributed by atoms with Gasteiger partial charge in [-0.05, 0) is 59.3 Å². The second-order valence-electron chi connectivity index (χ2n) is 5.67. The lowest BCUT2D eigenvalue weighted by Crippen LogP contribution is -2.24. The lowest BCUT2D eigenvalue weighted by Gasteiger charge is -2.13. The molecule has 0 aliphatic rings. The SMILES string of the molecule is CC(C(=O)Nc1ccc(S(=O)(=O)Nc2ccc(Cl)nn2)cc1)n1cc(Br)cn1. The molecule has 146 valence electrons. The number of carbonyl (C=O) groups is 1. The van der Waals surface area contributed by atoms with Gasteiger partial charge in [-0.2, -0.15) is 5.10 Å². The van der Waals surface area contributed by atoms with E-state index in [1.165, 1.54) is 41.1 Å². The summed E-state index contributed by atoms with van der Waals surface area (Å²) in [4.78, 5) is 12.3. The van der Waals surface area contributed by atoms with Crippen molar-refractivity contribution in [3.8, 4) is 0 Å². The number of benzene rings is 1. The van der Waals surface area contributed by atoms with E-state index in [0.717, 1.165) is 4.47 Å². The predicted octanol–water partition coefficient (Wildman–Crippen LogP) is 3.09. The van der Waals surface area contributed by atoms with Gasteiger partial charge in [0.25, 0.3) is 10.0 Å². The van der Waals surface area contributed by atoms with Crippen LogP contribution >= 0.6 is 27.5 Å². The van der Waals surface area contributed by atoms with Gasteiger partial charge in [0.2, 0.25) is 5.91 Å². The number of carbonyl (C=O) groups excluding carboxylic acids is 1. The number of hydrogen-bond donors (Lipinski definition) is 2. The van der Waals surface area contributed by atoms with Gasteiger partial charge in [-0.25, -0.2) is 8.42 Å². The van der Waals surface area contributed by atoms with Crippen LogP contribution in [0, 0.1) is 0 Å². The van der Waals surface area contributed by atoms with Crippen LogP contribution < -0.4 is 10.0 Å². The lowest BCUT2D eigenvalue weighted by atomic mass is 10.2. The topological polar surface area (TPSA) is 119 Å². The van der Waals surface area contributed by atoms with Gasteiger partial charge in [0, 0.05) is 11.9 Å². The van der Waals surface area contributed by atoms with Crippen LogP contribution in [0.2, 0.25) is 5.15 Å². The standard InChI is InChI=1S/C16H14BrClN6O3S/c1-10(24-9-11(17)8-19-24)16(25)20-12-2-4-13(5-3-12)28(26,27)23-15-7-6-14(18)21-22-15/h2-10H,1H3,(H,20,25)(H,22,23). The maximum atomic E-state index is 12.4. The second kappa shape index (κ2) is 8.25. The molecule has 2 heterocycles. The van der Waals surface area contributed by atoms with Crippen molar-refractivity contribution in [1.29, 1.82) is 0 Å². The van der Waals surface area contributed by atoms with Gasteiger partial charge in [0.1, 0.15) is 6.04 Å². The highest BCUT2D eigenvalue weighted by Gasteiger charge is 2.18. The smallest absolute Gasteiger partial charge is 0.263 e. The summed E-state index contributed by atoms with van der Waals surface area (Å²) in [5, 5.41) is 14.2. The third-order valence-electron chi connectivity index (χ3n) is 3.65. The van der Waals surface area contributed by atoms with Crippen molar-refractivity contribution in [2.75, 3.05) is 10.0 Å². The van der Waals surface area contributed by atoms with E-state index in [0.29, 0.717) is 5.69 Å². The molecule has 0 aliphatic heterocycles. The Morgan fingerprint density at radius 2 is 1.89 bits per heavy atom. The summed E-state index contributed by atoms with van der Waals surface area (Å²) in [6, 6.07) is 8.01. The fraction of sp³-hybridized carbons (Fsp3) is 0.125. The normalized spacial score (nSPS) is 12.4. The molecule has 12 heteroatoms. The van der Waals surface area contributed by atoms with Crippen LogP contribution in [0.25, 0.3) is 0 Å². The van der Waals surface area contributed by atoms with E-state index in [9.17, 15) is 13.2 Å². The molecule has 0 saturated carbocycles. The molecule has 2 N–H and O–H groups in total. The maximum absolute atomic E-state index is 12.4. The number of sulfonamides is 1. The maximum Gasteiger partial charge on any atom is 0.263 e. The number of aromatic nitrogens is 4. The molecule has 28 heavy (non-hydrogen) atoms. The van der Waals surface area contributed by atoms with E-state index in [1.807, 2.05) is 0 Å². The van der Waals surface area contributed by atoms with E-state index in [1.54, 1.807) is 19.3 Å². The number of nitrogens with zero attached hydrogens (tertiary/aromatic N) is 4. The molecule has 1 aromatic carbocycles. The molecular weight excluding hydrogens is 472 g/mol. The zero-order valence-electron chi connectivity index (χ0n) is 14.4. The molecule has 9 nitrogen and oxygen atoms in total. The zero-order valence-corrected chi connectivity index (χ0v) is 17.5. The van der Waals surface area contributed by atoms with Crippen LogP contribution in [0.15, 0.2) is 58.2 Å². The summed E-state index contributed by atoms with van der Waals surface area (Å²) in [6.07, 6.45) is 3.27. The van der Waals surface area contributed by atoms with Gasteiger partial charge in [-0.15, -0.1) is 10.2 Å². The highest BCUT2D eigenvalue weighted by molar-refractivity contribution is 9.10. The molecule has 1 unspecified atom stereocenters. The first kappa shape index (κ1) is 20.2. The molecule has 1 atom stereocenters. The summed E-state index contributed by atoms with van der Waals surface area (Å²) >= 11 is 8.91. The Balaban J connectivity index is 1.68. The van der Waals surface area contributed by atoms with Crippen molar-refractivity contribution in [2.45, 2.75) is 17.9 Å². The Labute approximate surface area is 174 Å². The highest BCUT2D eigenvalue weighted by Crippen LogP contribution is 2.19. The zero-order chi connectivity index (χ0) is 20.3. The molecule has 0 aliphatic carbocycles. The van der Waals surface area contributed by atoms with Gasteiger partial charge in [-0.1, -0.05) is 11.6 Å². The Bertz CT molecular complexity index is 1090. The van der Waals surface area contributed by atoms with Gasteiger partial charge in [0.15, 0.2) is 11.0 Å². The molecule has 0 spiro atoms. The van der Waals surface area contributed by atoms with Crippen molar-refractivity contribution < 1.29 is 13.2 Å². The Morgan fingerprint density at radius 3 is 2.46 bits per heavy atom. The Morgan fingerprint density at radius 1 is 1.18 bits per heavy atom. The van der Waals surface area contributed by atoms with E-state index < -0.39 is 16.1 Å². The first-order valence-electron chi connectivity index (χ1n) is 7.87. The van der Waals surface area contributed by atoms with E-state index in [4.69, 9.17) is 11.6 Å². The molecule has 1 amide bonds. The molecular formula is C16H14BrClN6O3S. The minimum atomic E-state index is -3.86. The first-order valence-corrected chi connectivity index (χ1v) is 10.5. The number of amides is 1. The monoisotopic (exact) mass is 484 g/mol. The summed E-state index contributed by atoms with van der Waals surface area (Å²) < 4.78 is 29.4. The van der Waals surface area contributed by atoms with Crippen LogP contribution in [0.5, 0.6) is 0 Å². The van der Waals surface area contributed by atoms with Crippen LogP contribution in [0.3, 0.4) is 0 Å². The molecule has 0 radical (unpaired) electrons. The van der Waals surface area contributed by atoms with Crippen molar-refractivity contribution >= 4 is 55.0 Å². The molecule has 0 fully saturated rings. The van der Waals surface area contributed by atoms with Gasteiger partial charge in [0.05, 0.1) is 15.6 Å². The summed E-state index contributed by atoms with van der Waals surface area (Å²) in [5.74, 6) is -0.248. The molecule has 3 aromatic rings.